The molecule has 0 radical (unpaired) electrons. The zero-order valence-corrected chi connectivity index (χ0v) is 18.8. The van der Waals surface area contributed by atoms with E-state index in [-0.39, 0.29) is 18.1 Å². The van der Waals surface area contributed by atoms with Gasteiger partial charge in [0.2, 0.25) is 0 Å². The van der Waals surface area contributed by atoms with Crippen LogP contribution in [-0.2, 0) is 12.8 Å². The summed E-state index contributed by atoms with van der Waals surface area (Å²) >= 11 is 0. The molecule has 0 N–H and O–H groups in total. The van der Waals surface area contributed by atoms with Gasteiger partial charge in [0.15, 0.2) is 5.78 Å². The van der Waals surface area contributed by atoms with Gasteiger partial charge < -0.3 is 18.9 Å². The van der Waals surface area contributed by atoms with Gasteiger partial charge in [-0.15, -0.1) is 0 Å². The summed E-state index contributed by atoms with van der Waals surface area (Å²) in [6.07, 6.45) is -1.44. The predicted molar refractivity (Wildman–Crippen MR) is 122 cm³/mol. The Morgan fingerprint density at radius 3 is 2.26 bits per heavy atom. The van der Waals surface area contributed by atoms with Gasteiger partial charge in [0.1, 0.15) is 29.6 Å². The molecule has 0 heterocycles. The highest BCUT2D eigenvalue weighted by molar-refractivity contribution is 6.08. The largest absolute Gasteiger partial charge is 0.497 e. The summed E-state index contributed by atoms with van der Waals surface area (Å²) in [6, 6.07) is 14.8. The summed E-state index contributed by atoms with van der Waals surface area (Å²) in [4.78, 5) is 12.7. The first-order valence-corrected chi connectivity index (χ1v) is 10.2. The second-order valence-corrected chi connectivity index (χ2v) is 7.15. The van der Waals surface area contributed by atoms with Gasteiger partial charge in [-0.1, -0.05) is 18.2 Å². The molecule has 5 nitrogen and oxygen atoms in total. The highest BCUT2D eigenvalue weighted by Crippen LogP contribution is 2.32. The Morgan fingerprint density at radius 1 is 0.853 bits per heavy atom. The number of hydrogen-bond donors (Lipinski definition) is 0. The van der Waals surface area contributed by atoms with Crippen molar-refractivity contribution in [3.63, 3.8) is 0 Å². The molecule has 0 aromatic heterocycles. The van der Waals surface area contributed by atoms with E-state index in [9.17, 15) is 18.0 Å². The number of carbonyl (C=O) groups excluding carboxylic acids is 1. The lowest BCUT2D eigenvalue weighted by atomic mass is 10.1. The van der Waals surface area contributed by atoms with E-state index >= 15 is 0 Å². The van der Waals surface area contributed by atoms with Gasteiger partial charge in [-0.05, 0) is 60.2 Å². The number of carbonyl (C=O) groups is 1. The topological polar surface area (TPSA) is 54.0 Å². The van der Waals surface area contributed by atoms with E-state index in [1.165, 1.54) is 39.5 Å². The lowest BCUT2D eigenvalue weighted by Gasteiger charge is -2.13. The van der Waals surface area contributed by atoms with Crippen LogP contribution in [0.1, 0.15) is 27.0 Å². The fourth-order valence-corrected chi connectivity index (χ4v) is 3.21. The molecule has 0 amide bonds. The van der Waals surface area contributed by atoms with Crippen LogP contribution in [0.3, 0.4) is 0 Å². The molecule has 0 saturated heterocycles. The van der Waals surface area contributed by atoms with Crippen LogP contribution in [0.4, 0.5) is 13.2 Å². The second-order valence-electron chi connectivity index (χ2n) is 7.15. The molecule has 0 saturated carbocycles. The zero-order valence-electron chi connectivity index (χ0n) is 18.8. The minimum absolute atomic E-state index is 0.0240. The summed E-state index contributed by atoms with van der Waals surface area (Å²) in [6.45, 7) is -0.0240. The van der Waals surface area contributed by atoms with Crippen molar-refractivity contribution in [1.82, 2.24) is 0 Å². The quantitative estimate of drug-likeness (QED) is 0.274. The van der Waals surface area contributed by atoms with Crippen molar-refractivity contribution in [2.24, 2.45) is 0 Å². The van der Waals surface area contributed by atoms with Crippen molar-refractivity contribution >= 4 is 11.9 Å². The fourth-order valence-electron chi connectivity index (χ4n) is 3.21. The lowest BCUT2D eigenvalue weighted by Crippen LogP contribution is -2.05. The van der Waals surface area contributed by atoms with E-state index in [2.05, 4.69) is 0 Å². The van der Waals surface area contributed by atoms with Crippen molar-refractivity contribution in [3.05, 3.63) is 89.0 Å². The van der Waals surface area contributed by atoms with Crippen LogP contribution >= 0.6 is 0 Å². The standard InChI is InChI=1S/C26H23F3O5/c1-31-20-9-12-25(33-3)22(15-20)23(30)10-7-17-8-11-24(32-2)18(13-17)16-34-21-6-4-5-19(14-21)26(27,28)29/h4-15H,16H2,1-3H3/b10-7+. The highest BCUT2D eigenvalue weighted by Gasteiger charge is 2.30. The van der Waals surface area contributed by atoms with E-state index in [1.807, 2.05) is 0 Å². The van der Waals surface area contributed by atoms with Crippen molar-refractivity contribution < 1.29 is 36.9 Å². The molecule has 0 aliphatic carbocycles. The van der Waals surface area contributed by atoms with Crippen LogP contribution < -0.4 is 18.9 Å². The summed E-state index contributed by atoms with van der Waals surface area (Å²) in [7, 11) is 4.46. The smallest absolute Gasteiger partial charge is 0.416 e. The SMILES string of the molecule is COc1ccc(OC)c(C(=O)/C=C/c2ccc(OC)c(COc3cccc(C(F)(F)F)c3)c2)c1. The number of alkyl halides is 3. The average molecular weight is 472 g/mol. The Bertz CT molecular complexity index is 1190. The monoisotopic (exact) mass is 472 g/mol. The normalized spacial score (nSPS) is 11.4. The lowest BCUT2D eigenvalue weighted by molar-refractivity contribution is -0.137. The van der Waals surface area contributed by atoms with Crippen LogP contribution in [-0.4, -0.2) is 27.1 Å². The third-order valence-electron chi connectivity index (χ3n) is 4.96. The molecule has 34 heavy (non-hydrogen) atoms. The van der Waals surface area contributed by atoms with Gasteiger partial charge in [-0.25, -0.2) is 0 Å². The molecule has 3 aromatic rings. The summed E-state index contributed by atoms with van der Waals surface area (Å²) in [5.74, 6) is 1.24. The van der Waals surface area contributed by atoms with E-state index in [4.69, 9.17) is 18.9 Å². The first-order chi connectivity index (χ1) is 16.2. The Hall–Kier alpha value is -3.94. The molecule has 178 valence electrons. The van der Waals surface area contributed by atoms with Crippen LogP contribution in [0.2, 0.25) is 0 Å². The van der Waals surface area contributed by atoms with Crippen LogP contribution in [0.15, 0.2) is 66.7 Å². The number of ether oxygens (including phenoxy) is 4. The minimum atomic E-state index is -4.46. The molecule has 0 fully saturated rings. The molecule has 8 heteroatoms. The number of halogens is 3. The van der Waals surface area contributed by atoms with Crippen molar-refractivity contribution in [1.29, 1.82) is 0 Å². The van der Waals surface area contributed by atoms with Gasteiger partial charge in [0.05, 0.1) is 32.5 Å². The number of rotatable bonds is 9. The van der Waals surface area contributed by atoms with E-state index < -0.39 is 11.7 Å². The second kappa shape index (κ2) is 10.8. The molecular weight excluding hydrogens is 449 g/mol. The van der Waals surface area contributed by atoms with Gasteiger partial charge in [0.25, 0.3) is 0 Å². The summed E-state index contributed by atoms with van der Waals surface area (Å²) < 4.78 is 60.2. The first kappa shape index (κ1) is 24.7. The molecule has 0 atom stereocenters. The Labute approximate surface area is 195 Å². The molecule has 0 aliphatic heterocycles. The maximum absolute atomic E-state index is 12.9. The fraction of sp³-hybridized carbons (Fsp3) is 0.192. The van der Waals surface area contributed by atoms with Crippen LogP contribution in [0.25, 0.3) is 6.08 Å². The molecular formula is C26H23F3O5. The number of ketones is 1. The summed E-state index contributed by atoms with van der Waals surface area (Å²) in [5.41, 5.74) is 0.840. The van der Waals surface area contributed by atoms with E-state index in [0.717, 1.165) is 12.1 Å². The Balaban J connectivity index is 1.79. The molecule has 3 rings (SSSR count). The zero-order chi connectivity index (χ0) is 24.7. The van der Waals surface area contributed by atoms with Crippen LogP contribution in [0, 0.1) is 0 Å². The first-order valence-electron chi connectivity index (χ1n) is 10.2. The number of hydrogen-bond acceptors (Lipinski definition) is 5. The maximum atomic E-state index is 12.9. The van der Waals surface area contributed by atoms with Crippen LogP contribution in [0.5, 0.6) is 23.0 Å². The number of methoxy groups -OCH3 is 3. The Morgan fingerprint density at radius 2 is 1.59 bits per heavy atom. The average Bonchev–Trinajstić information content (AvgIpc) is 2.85. The van der Waals surface area contributed by atoms with Crippen molar-refractivity contribution in [2.75, 3.05) is 21.3 Å². The maximum Gasteiger partial charge on any atom is 0.416 e. The predicted octanol–water partition coefficient (Wildman–Crippen LogP) is 6.21. The van der Waals surface area contributed by atoms with Gasteiger partial charge in [-0.3, -0.25) is 4.79 Å². The molecule has 0 unspecified atom stereocenters. The number of allylic oxidation sites excluding steroid dienone is 1. The molecule has 3 aromatic carbocycles. The molecule has 0 bridgehead atoms. The Kier molecular flexibility index (Phi) is 7.83. The van der Waals surface area contributed by atoms with Crippen molar-refractivity contribution in [3.8, 4) is 23.0 Å². The minimum Gasteiger partial charge on any atom is -0.497 e. The van der Waals surface area contributed by atoms with Gasteiger partial charge >= 0.3 is 6.18 Å². The molecule has 0 aliphatic rings. The third-order valence-corrected chi connectivity index (χ3v) is 4.96. The summed E-state index contributed by atoms with van der Waals surface area (Å²) in [5, 5.41) is 0. The highest BCUT2D eigenvalue weighted by atomic mass is 19.4. The van der Waals surface area contributed by atoms with Crippen molar-refractivity contribution in [2.45, 2.75) is 12.8 Å². The van der Waals surface area contributed by atoms with Gasteiger partial charge in [-0.2, -0.15) is 13.2 Å². The van der Waals surface area contributed by atoms with E-state index in [0.29, 0.717) is 33.9 Å². The number of benzene rings is 3. The van der Waals surface area contributed by atoms with Gasteiger partial charge in [0, 0.05) is 5.56 Å². The van der Waals surface area contributed by atoms with E-state index in [1.54, 1.807) is 42.5 Å². The molecule has 0 spiro atoms. The third kappa shape index (κ3) is 6.10.